The summed E-state index contributed by atoms with van der Waals surface area (Å²) >= 11 is 0. The van der Waals surface area contributed by atoms with E-state index in [0.29, 0.717) is 6.10 Å². The van der Waals surface area contributed by atoms with Crippen molar-refractivity contribution >= 4 is 0 Å². The summed E-state index contributed by atoms with van der Waals surface area (Å²) in [6.07, 6.45) is 5.60. The number of hydrogen-bond donors (Lipinski definition) is 1. The fourth-order valence-corrected chi connectivity index (χ4v) is 1.28. The molecule has 0 atom stereocenters. The lowest BCUT2D eigenvalue weighted by Gasteiger charge is -2.25. The summed E-state index contributed by atoms with van der Waals surface area (Å²) in [7, 11) is 1.72. The van der Waals surface area contributed by atoms with Crippen molar-refractivity contribution in [3.8, 4) is 0 Å². The van der Waals surface area contributed by atoms with E-state index < -0.39 is 0 Å². The lowest BCUT2D eigenvalue weighted by molar-refractivity contribution is 0.00145. The van der Waals surface area contributed by atoms with Gasteiger partial charge in [-0.15, -0.1) is 0 Å². The summed E-state index contributed by atoms with van der Waals surface area (Å²) in [6, 6.07) is 0. The Balaban J connectivity index is 1.68. The minimum absolute atomic E-state index is 0.582. The third-order valence-electron chi connectivity index (χ3n) is 2.39. The zero-order chi connectivity index (χ0) is 9.36. The average Bonchev–Trinajstić information content (AvgIpc) is 2.07. The van der Waals surface area contributed by atoms with Gasteiger partial charge < -0.3 is 14.8 Å². The standard InChI is InChI=1S/C10H21NO2/c1-12-9-7-11-6-3-8-13-10-4-2-5-10/h10-11H,2-9H2,1H3. The second-order valence-corrected chi connectivity index (χ2v) is 3.52. The normalized spacial score (nSPS) is 17.3. The molecular weight excluding hydrogens is 166 g/mol. The molecule has 0 aromatic carbocycles. The molecule has 0 amide bonds. The van der Waals surface area contributed by atoms with E-state index in [-0.39, 0.29) is 0 Å². The molecule has 0 bridgehead atoms. The topological polar surface area (TPSA) is 30.5 Å². The van der Waals surface area contributed by atoms with Crippen LogP contribution in [0.3, 0.4) is 0 Å². The lowest BCUT2D eigenvalue weighted by Crippen LogP contribution is -2.25. The maximum absolute atomic E-state index is 5.61. The molecule has 3 heteroatoms. The van der Waals surface area contributed by atoms with Crippen LogP contribution in [0.15, 0.2) is 0 Å². The van der Waals surface area contributed by atoms with Gasteiger partial charge in [-0.25, -0.2) is 0 Å². The molecule has 0 unspecified atom stereocenters. The molecule has 0 aromatic rings. The summed E-state index contributed by atoms with van der Waals surface area (Å²) in [5, 5.41) is 3.29. The minimum Gasteiger partial charge on any atom is -0.383 e. The van der Waals surface area contributed by atoms with Crippen molar-refractivity contribution in [1.82, 2.24) is 5.32 Å². The Morgan fingerprint density at radius 2 is 2.08 bits per heavy atom. The van der Waals surface area contributed by atoms with Crippen molar-refractivity contribution in [2.75, 3.05) is 33.4 Å². The number of rotatable bonds is 8. The van der Waals surface area contributed by atoms with E-state index in [9.17, 15) is 0 Å². The molecule has 78 valence electrons. The van der Waals surface area contributed by atoms with Crippen LogP contribution in [0.4, 0.5) is 0 Å². The first-order chi connectivity index (χ1) is 6.43. The highest BCUT2D eigenvalue weighted by atomic mass is 16.5. The Labute approximate surface area is 80.8 Å². The van der Waals surface area contributed by atoms with Crippen molar-refractivity contribution < 1.29 is 9.47 Å². The van der Waals surface area contributed by atoms with Crippen LogP contribution in [0, 0.1) is 0 Å². The highest BCUT2D eigenvalue weighted by Gasteiger charge is 2.16. The van der Waals surface area contributed by atoms with E-state index in [1.54, 1.807) is 7.11 Å². The van der Waals surface area contributed by atoms with E-state index in [4.69, 9.17) is 9.47 Å². The average molecular weight is 187 g/mol. The molecule has 13 heavy (non-hydrogen) atoms. The van der Waals surface area contributed by atoms with Gasteiger partial charge in [0.1, 0.15) is 0 Å². The van der Waals surface area contributed by atoms with Gasteiger partial charge >= 0.3 is 0 Å². The van der Waals surface area contributed by atoms with Gasteiger partial charge in [-0.3, -0.25) is 0 Å². The number of hydrogen-bond acceptors (Lipinski definition) is 3. The van der Waals surface area contributed by atoms with E-state index in [0.717, 1.165) is 32.7 Å². The summed E-state index contributed by atoms with van der Waals surface area (Å²) in [6.45, 7) is 3.68. The lowest BCUT2D eigenvalue weighted by atomic mass is 9.96. The third kappa shape index (κ3) is 5.24. The Bertz CT molecular complexity index is 115. The van der Waals surface area contributed by atoms with Gasteiger partial charge in [0.2, 0.25) is 0 Å². The Kier molecular flexibility index (Phi) is 6.15. The van der Waals surface area contributed by atoms with Crippen LogP contribution in [0.5, 0.6) is 0 Å². The van der Waals surface area contributed by atoms with Crippen molar-refractivity contribution in [3.05, 3.63) is 0 Å². The smallest absolute Gasteiger partial charge is 0.0587 e. The van der Waals surface area contributed by atoms with Crippen LogP contribution < -0.4 is 5.32 Å². The Morgan fingerprint density at radius 1 is 1.23 bits per heavy atom. The predicted octanol–water partition coefficient (Wildman–Crippen LogP) is 1.18. The van der Waals surface area contributed by atoms with Gasteiger partial charge in [-0.1, -0.05) is 0 Å². The van der Waals surface area contributed by atoms with Gasteiger partial charge in [0.15, 0.2) is 0 Å². The highest BCUT2D eigenvalue weighted by Crippen LogP contribution is 2.21. The molecule has 1 aliphatic rings. The summed E-state index contributed by atoms with van der Waals surface area (Å²) in [4.78, 5) is 0. The molecule has 1 saturated carbocycles. The maximum Gasteiger partial charge on any atom is 0.0587 e. The van der Waals surface area contributed by atoms with Crippen LogP contribution >= 0.6 is 0 Å². The van der Waals surface area contributed by atoms with E-state index >= 15 is 0 Å². The molecule has 0 radical (unpaired) electrons. The van der Waals surface area contributed by atoms with E-state index in [1.165, 1.54) is 19.3 Å². The monoisotopic (exact) mass is 187 g/mol. The first-order valence-corrected chi connectivity index (χ1v) is 5.24. The Hall–Kier alpha value is -0.120. The summed E-state index contributed by atoms with van der Waals surface area (Å²) in [5.41, 5.74) is 0. The van der Waals surface area contributed by atoms with Gasteiger partial charge in [-0.05, 0) is 32.2 Å². The second-order valence-electron chi connectivity index (χ2n) is 3.52. The van der Waals surface area contributed by atoms with Gasteiger partial charge in [-0.2, -0.15) is 0 Å². The number of nitrogens with one attached hydrogen (secondary N) is 1. The van der Waals surface area contributed by atoms with Gasteiger partial charge in [0.05, 0.1) is 12.7 Å². The largest absolute Gasteiger partial charge is 0.383 e. The van der Waals surface area contributed by atoms with Crippen LogP contribution in [0.2, 0.25) is 0 Å². The summed E-state index contributed by atoms with van der Waals surface area (Å²) < 4.78 is 10.5. The molecule has 0 aromatic heterocycles. The van der Waals surface area contributed by atoms with E-state index in [1.807, 2.05) is 0 Å². The van der Waals surface area contributed by atoms with Crippen molar-refractivity contribution in [3.63, 3.8) is 0 Å². The van der Waals surface area contributed by atoms with Crippen LogP contribution in [-0.4, -0.2) is 39.5 Å². The first-order valence-electron chi connectivity index (χ1n) is 5.24. The molecular formula is C10H21NO2. The van der Waals surface area contributed by atoms with Crippen LogP contribution in [0.1, 0.15) is 25.7 Å². The molecule has 0 heterocycles. The van der Waals surface area contributed by atoms with Gasteiger partial charge in [0, 0.05) is 20.3 Å². The predicted molar refractivity (Wildman–Crippen MR) is 53.0 cm³/mol. The molecule has 1 rings (SSSR count). The first kappa shape index (κ1) is 11.0. The minimum atomic E-state index is 0.582. The molecule has 0 saturated heterocycles. The van der Waals surface area contributed by atoms with Crippen LogP contribution in [0.25, 0.3) is 0 Å². The number of methoxy groups -OCH3 is 1. The molecule has 3 nitrogen and oxygen atoms in total. The highest BCUT2D eigenvalue weighted by molar-refractivity contribution is 4.68. The molecule has 0 spiro atoms. The van der Waals surface area contributed by atoms with E-state index in [2.05, 4.69) is 5.32 Å². The maximum atomic E-state index is 5.61. The van der Waals surface area contributed by atoms with Crippen molar-refractivity contribution in [2.45, 2.75) is 31.8 Å². The quantitative estimate of drug-likeness (QED) is 0.579. The molecule has 1 aliphatic carbocycles. The fraction of sp³-hybridized carbons (Fsp3) is 1.00. The zero-order valence-electron chi connectivity index (χ0n) is 8.55. The molecule has 1 fully saturated rings. The van der Waals surface area contributed by atoms with Crippen molar-refractivity contribution in [1.29, 1.82) is 0 Å². The fourth-order valence-electron chi connectivity index (χ4n) is 1.28. The third-order valence-corrected chi connectivity index (χ3v) is 2.39. The molecule has 1 N–H and O–H groups in total. The Morgan fingerprint density at radius 3 is 2.69 bits per heavy atom. The van der Waals surface area contributed by atoms with Crippen LogP contribution in [-0.2, 0) is 9.47 Å². The zero-order valence-corrected chi connectivity index (χ0v) is 8.55. The van der Waals surface area contributed by atoms with Gasteiger partial charge in [0.25, 0.3) is 0 Å². The SMILES string of the molecule is COCCNCCCOC1CCC1. The van der Waals surface area contributed by atoms with Crippen molar-refractivity contribution in [2.24, 2.45) is 0 Å². The summed E-state index contributed by atoms with van der Waals surface area (Å²) in [5.74, 6) is 0. The number of ether oxygens (including phenoxy) is 2. The molecule has 0 aliphatic heterocycles. The second kappa shape index (κ2) is 7.30.